The average molecular weight is 238 g/mol. The molecule has 0 saturated heterocycles. The van der Waals surface area contributed by atoms with Gasteiger partial charge in [-0.1, -0.05) is 22.0 Å². The van der Waals surface area contributed by atoms with E-state index in [1.54, 1.807) is 12.4 Å². The van der Waals surface area contributed by atoms with Gasteiger partial charge in [-0.15, -0.1) is 0 Å². The van der Waals surface area contributed by atoms with Crippen LogP contribution in [-0.4, -0.2) is 10.1 Å². The molecule has 0 aliphatic rings. The third kappa shape index (κ3) is 1.45. The molecule has 0 atom stereocenters. The first kappa shape index (κ1) is 8.66. The smallest absolute Gasteiger partial charge is 0.0687 e. The highest BCUT2D eigenvalue weighted by Crippen LogP contribution is 2.25. The Balaban J connectivity index is 2.84. The van der Waals surface area contributed by atoms with E-state index in [2.05, 4.69) is 20.9 Å². The Morgan fingerprint density at radius 2 is 2.08 bits per heavy atom. The predicted octanol–water partition coefficient (Wildman–Crippen LogP) is 2.49. The summed E-state index contributed by atoms with van der Waals surface area (Å²) in [6.45, 7) is 0.0633. The van der Waals surface area contributed by atoms with E-state index in [0.29, 0.717) is 0 Å². The topological polar surface area (TPSA) is 33.1 Å². The second-order valence-electron chi connectivity index (χ2n) is 2.79. The fraction of sp³-hybridized carbons (Fsp3) is 0.100. The Kier molecular flexibility index (Phi) is 2.29. The number of pyridine rings is 1. The Morgan fingerprint density at radius 3 is 2.85 bits per heavy atom. The second-order valence-corrected chi connectivity index (χ2v) is 3.64. The van der Waals surface area contributed by atoms with E-state index >= 15 is 0 Å². The summed E-state index contributed by atoms with van der Waals surface area (Å²) in [6, 6.07) is 5.74. The maximum absolute atomic E-state index is 9.09. The van der Waals surface area contributed by atoms with Crippen molar-refractivity contribution >= 4 is 26.7 Å². The minimum Gasteiger partial charge on any atom is -0.392 e. The van der Waals surface area contributed by atoms with Gasteiger partial charge in [0, 0.05) is 22.3 Å². The van der Waals surface area contributed by atoms with Crippen molar-refractivity contribution in [2.75, 3.05) is 0 Å². The first-order valence-electron chi connectivity index (χ1n) is 3.95. The molecule has 0 amide bonds. The molecule has 0 saturated carbocycles. The van der Waals surface area contributed by atoms with Crippen molar-refractivity contribution in [3.63, 3.8) is 0 Å². The van der Waals surface area contributed by atoms with Crippen LogP contribution in [0.4, 0.5) is 0 Å². The predicted molar refractivity (Wildman–Crippen MR) is 55.4 cm³/mol. The molecule has 66 valence electrons. The van der Waals surface area contributed by atoms with Crippen LogP contribution in [0.15, 0.2) is 35.1 Å². The van der Waals surface area contributed by atoms with E-state index in [-0.39, 0.29) is 6.61 Å². The SMILES string of the molecule is OCc1ccc(Br)c2cnccc12. The molecule has 1 N–H and O–H groups in total. The molecule has 13 heavy (non-hydrogen) atoms. The van der Waals surface area contributed by atoms with Gasteiger partial charge in [-0.2, -0.15) is 0 Å². The van der Waals surface area contributed by atoms with Crippen LogP contribution in [0.3, 0.4) is 0 Å². The van der Waals surface area contributed by atoms with Crippen LogP contribution >= 0.6 is 15.9 Å². The van der Waals surface area contributed by atoms with E-state index in [1.807, 2.05) is 18.2 Å². The third-order valence-corrected chi connectivity index (χ3v) is 2.72. The minimum atomic E-state index is 0.0633. The summed E-state index contributed by atoms with van der Waals surface area (Å²) in [5.41, 5.74) is 0.931. The van der Waals surface area contributed by atoms with Crippen molar-refractivity contribution in [3.8, 4) is 0 Å². The normalized spacial score (nSPS) is 10.6. The molecule has 2 nitrogen and oxygen atoms in total. The van der Waals surface area contributed by atoms with Gasteiger partial charge in [0.1, 0.15) is 0 Å². The standard InChI is InChI=1S/C10H8BrNO/c11-10-2-1-7(6-13)8-3-4-12-5-9(8)10/h1-5,13H,6H2. The van der Waals surface area contributed by atoms with Crippen LogP contribution in [0.25, 0.3) is 10.8 Å². The van der Waals surface area contributed by atoms with Gasteiger partial charge < -0.3 is 5.11 Å². The van der Waals surface area contributed by atoms with E-state index in [0.717, 1.165) is 20.8 Å². The Bertz CT molecular complexity index is 442. The molecule has 2 rings (SSSR count). The summed E-state index contributed by atoms with van der Waals surface area (Å²) < 4.78 is 1.01. The van der Waals surface area contributed by atoms with Crippen LogP contribution in [0.1, 0.15) is 5.56 Å². The third-order valence-electron chi connectivity index (χ3n) is 2.03. The fourth-order valence-corrected chi connectivity index (χ4v) is 1.80. The van der Waals surface area contributed by atoms with Crippen molar-refractivity contribution < 1.29 is 5.11 Å². The molecule has 0 aliphatic heterocycles. The maximum Gasteiger partial charge on any atom is 0.0687 e. The van der Waals surface area contributed by atoms with E-state index in [9.17, 15) is 0 Å². The summed E-state index contributed by atoms with van der Waals surface area (Å²) in [6.07, 6.45) is 3.52. The lowest BCUT2D eigenvalue weighted by atomic mass is 10.1. The number of aliphatic hydroxyl groups is 1. The Labute approximate surface area is 84.4 Å². The molecule has 0 fully saturated rings. The zero-order valence-electron chi connectivity index (χ0n) is 6.87. The largest absolute Gasteiger partial charge is 0.392 e. The molecule has 0 radical (unpaired) electrons. The number of fused-ring (bicyclic) bond motifs is 1. The Hall–Kier alpha value is -0.930. The van der Waals surface area contributed by atoms with Crippen molar-refractivity contribution in [2.45, 2.75) is 6.61 Å². The van der Waals surface area contributed by atoms with Crippen molar-refractivity contribution in [2.24, 2.45) is 0 Å². The molecule has 2 aromatic rings. The highest BCUT2D eigenvalue weighted by atomic mass is 79.9. The summed E-state index contributed by atoms with van der Waals surface area (Å²) >= 11 is 3.44. The first-order valence-corrected chi connectivity index (χ1v) is 4.74. The van der Waals surface area contributed by atoms with Gasteiger partial charge in [-0.05, 0) is 23.1 Å². The number of aliphatic hydroxyl groups excluding tert-OH is 1. The van der Waals surface area contributed by atoms with E-state index in [4.69, 9.17) is 5.11 Å². The van der Waals surface area contributed by atoms with Gasteiger partial charge >= 0.3 is 0 Å². The van der Waals surface area contributed by atoms with Gasteiger partial charge in [0.2, 0.25) is 0 Å². The van der Waals surface area contributed by atoms with Gasteiger partial charge in [0.15, 0.2) is 0 Å². The quantitative estimate of drug-likeness (QED) is 0.827. The van der Waals surface area contributed by atoms with Crippen molar-refractivity contribution in [3.05, 3.63) is 40.6 Å². The van der Waals surface area contributed by atoms with E-state index in [1.165, 1.54) is 0 Å². The Morgan fingerprint density at radius 1 is 1.23 bits per heavy atom. The highest BCUT2D eigenvalue weighted by molar-refractivity contribution is 9.10. The molecule has 3 heteroatoms. The summed E-state index contributed by atoms with van der Waals surface area (Å²) in [4.78, 5) is 4.04. The van der Waals surface area contributed by atoms with Gasteiger partial charge in [-0.25, -0.2) is 0 Å². The number of halogens is 1. The molecule has 0 bridgehead atoms. The van der Waals surface area contributed by atoms with E-state index < -0.39 is 0 Å². The molecule has 1 aromatic carbocycles. The van der Waals surface area contributed by atoms with Crippen LogP contribution in [0, 0.1) is 0 Å². The molecular formula is C10H8BrNO. The first-order chi connectivity index (χ1) is 6.33. The van der Waals surface area contributed by atoms with Crippen molar-refractivity contribution in [1.29, 1.82) is 0 Å². The van der Waals surface area contributed by atoms with Gasteiger partial charge in [-0.3, -0.25) is 4.98 Å². The summed E-state index contributed by atoms with van der Waals surface area (Å²) in [5, 5.41) is 11.2. The monoisotopic (exact) mass is 237 g/mol. The number of hydrogen-bond acceptors (Lipinski definition) is 2. The molecular weight excluding hydrogens is 230 g/mol. The number of nitrogens with zero attached hydrogens (tertiary/aromatic N) is 1. The molecule has 0 unspecified atom stereocenters. The number of hydrogen-bond donors (Lipinski definition) is 1. The second kappa shape index (κ2) is 3.44. The zero-order chi connectivity index (χ0) is 9.26. The zero-order valence-corrected chi connectivity index (χ0v) is 8.45. The maximum atomic E-state index is 9.09. The highest BCUT2D eigenvalue weighted by Gasteiger charge is 2.02. The minimum absolute atomic E-state index is 0.0633. The molecule has 0 aliphatic carbocycles. The molecule has 1 heterocycles. The van der Waals surface area contributed by atoms with Crippen LogP contribution in [-0.2, 0) is 6.61 Å². The average Bonchev–Trinajstić information content (AvgIpc) is 2.19. The lowest BCUT2D eigenvalue weighted by Gasteiger charge is -2.04. The summed E-state index contributed by atoms with van der Waals surface area (Å²) in [5.74, 6) is 0. The van der Waals surface area contributed by atoms with Crippen molar-refractivity contribution in [1.82, 2.24) is 4.98 Å². The number of benzene rings is 1. The molecule has 1 aromatic heterocycles. The van der Waals surface area contributed by atoms with Crippen LogP contribution in [0.2, 0.25) is 0 Å². The lowest BCUT2D eigenvalue weighted by molar-refractivity contribution is 0.283. The number of aromatic nitrogens is 1. The van der Waals surface area contributed by atoms with Crippen LogP contribution in [0.5, 0.6) is 0 Å². The fourth-order valence-electron chi connectivity index (χ4n) is 1.36. The summed E-state index contributed by atoms with van der Waals surface area (Å²) in [7, 11) is 0. The number of rotatable bonds is 1. The van der Waals surface area contributed by atoms with Crippen LogP contribution < -0.4 is 0 Å². The van der Waals surface area contributed by atoms with Gasteiger partial charge in [0.05, 0.1) is 6.61 Å². The molecule has 0 spiro atoms. The van der Waals surface area contributed by atoms with Gasteiger partial charge in [0.25, 0.3) is 0 Å². The lowest BCUT2D eigenvalue weighted by Crippen LogP contribution is -1.86.